The van der Waals surface area contributed by atoms with E-state index in [9.17, 15) is 14.4 Å². The number of rotatable bonds is 3. The van der Waals surface area contributed by atoms with Crippen LogP contribution in [0.2, 0.25) is 0 Å². The van der Waals surface area contributed by atoms with Gasteiger partial charge in [-0.3, -0.25) is 4.79 Å². The van der Waals surface area contributed by atoms with Gasteiger partial charge in [-0.05, 0) is 42.0 Å². The Bertz CT molecular complexity index is 1250. The summed E-state index contributed by atoms with van der Waals surface area (Å²) in [6.07, 6.45) is 4.84. The van der Waals surface area contributed by atoms with Crippen molar-refractivity contribution in [2.24, 2.45) is 0 Å². The molecule has 0 bridgehead atoms. The van der Waals surface area contributed by atoms with E-state index < -0.39 is 11.0 Å². The Balaban J connectivity index is 1.17. The van der Waals surface area contributed by atoms with Crippen LogP contribution >= 0.6 is 0 Å². The number of hydrogen-bond acceptors (Lipinski definition) is 5. The van der Waals surface area contributed by atoms with Crippen molar-refractivity contribution in [2.75, 3.05) is 33.3 Å². The molecule has 1 saturated heterocycles. The Morgan fingerprint density at radius 2 is 1.74 bits per heavy atom. The molecule has 1 unspecified atom stereocenters. The van der Waals surface area contributed by atoms with Gasteiger partial charge in [-0.2, -0.15) is 0 Å². The van der Waals surface area contributed by atoms with Gasteiger partial charge in [0.1, 0.15) is 0 Å². The average molecular weight is 473 g/mol. The molecule has 1 aliphatic carbocycles. The molecule has 7 nitrogen and oxygen atoms in total. The third-order valence-electron chi connectivity index (χ3n) is 8.05. The lowest BCUT2D eigenvalue weighted by Gasteiger charge is -2.27. The van der Waals surface area contributed by atoms with Crippen LogP contribution in [0.25, 0.3) is 5.57 Å². The van der Waals surface area contributed by atoms with Gasteiger partial charge >= 0.3 is 12.1 Å². The Morgan fingerprint density at radius 3 is 2.43 bits per heavy atom. The molecule has 35 heavy (non-hydrogen) atoms. The molecule has 0 aromatic heterocycles. The normalized spacial score (nSPS) is 24.1. The molecular weight excluding hydrogens is 444 g/mol. The molecule has 1 spiro atoms. The van der Waals surface area contributed by atoms with Crippen molar-refractivity contribution in [2.45, 2.75) is 36.7 Å². The van der Waals surface area contributed by atoms with Gasteiger partial charge in [0.15, 0.2) is 5.60 Å². The van der Waals surface area contributed by atoms with Crippen molar-refractivity contribution in [3.8, 4) is 0 Å². The smallest absolute Gasteiger partial charge is 0.409 e. The van der Waals surface area contributed by atoms with Gasteiger partial charge in [0.2, 0.25) is 5.91 Å². The van der Waals surface area contributed by atoms with Crippen LogP contribution in [0.15, 0.2) is 54.6 Å². The maximum atomic E-state index is 13.7. The second-order valence-electron chi connectivity index (χ2n) is 9.96. The van der Waals surface area contributed by atoms with Gasteiger partial charge < -0.3 is 19.3 Å². The second kappa shape index (κ2) is 7.97. The number of methoxy groups -OCH3 is 1. The van der Waals surface area contributed by atoms with E-state index in [-0.39, 0.29) is 18.0 Å². The summed E-state index contributed by atoms with van der Waals surface area (Å²) in [5, 5.41) is 0. The summed E-state index contributed by atoms with van der Waals surface area (Å²) in [4.78, 5) is 41.4. The van der Waals surface area contributed by atoms with E-state index >= 15 is 0 Å². The maximum Gasteiger partial charge on any atom is 0.409 e. The van der Waals surface area contributed by atoms with Gasteiger partial charge in [0.05, 0.1) is 24.6 Å². The monoisotopic (exact) mass is 472 g/mol. The van der Waals surface area contributed by atoms with Gasteiger partial charge in [0.25, 0.3) is 0 Å². The highest BCUT2D eigenvalue weighted by Gasteiger charge is 2.57. The zero-order valence-corrected chi connectivity index (χ0v) is 19.8. The first-order valence-corrected chi connectivity index (χ1v) is 12.2. The predicted octanol–water partition coefficient (Wildman–Crippen LogP) is 3.87. The number of hydrogen-bond donors (Lipinski definition) is 0. The van der Waals surface area contributed by atoms with E-state index in [1.807, 2.05) is 23.1 Å². The molecular formula is C28H28N2O5. The van der Waals surface area contributed by atoms with E-state index in [1.54, 1.807) is 11.0 Å². The number of esters is 1. The number of amides is 2. The van der Waals surface area contributed by atoms with Crippen LogP contribution in [0.1, 0.15) is 52.7 Å². The van der Waals surface area contributed by atoms with Gasteiger partial charge in [-0.15, -0.1) is 0 Å². The highest BCUT2D eigenvalue weighted by atomic mass is 16.6. The molecule has 3 heterocycles. The molecule has 4 aliphatic rings. The maximum absolute atomic E-state index is 13.7. The summed E-state index contributed by atoms with van der Waals surface area (Å²) in [5.41, 5.74) is 3.70. The number of fused-ring (bicyclic) bond motifs is 2. The van der Waals surface area contributed by atoms with Crippen LogP contribution in [-0.2, 0) is 25.3 Å². The number of benzene rings is 2. The lowest BCUT2D eigenvalue weighted by Crippen LogP contribution is -2.40. The zero-order chi connectivity index (χ0) is 24.2. The van der Waals surface area contributed by atoms with E-state index in [4.69, 9.17) is 9.47 Å². The highest BCUT2D eigenvalue weighted by molar-refractivity contribution is 5.96. The molecule has 1 atom stereocenters. The Labute approximate surface area is 204 Å². The quantitative estimate of drug-likeness (QED) is 0.634. The lowest BCUT2D eigenvalue weighted by molar-refractivity contribution is -0.134. The van der Waals surface area contributed by atoms with Crippen molar-refractivity contribution in [3.05, 3.63) is 76.9 Å². The molecule has 3 aliphatic heterocycles. The molecule has 7 heteroatoms. The zero-order valence-electron chi connectivity index (χ0n) is 19.8. The summed E-state index contributed by atoms with van der Waals surface area (Å²) >= 11 is 0. The molecule has 6 rings (SSSR count). The molecule has 1 saturated carbocycles. The third kappa shape index (κ3) is 3.44. The Kier molecular flexibility index (Phi) is 4.99. The molecule has 0 radical (unpaired) electrons. The summed E-state index contributed by atoms with van der Waals surface area (Å²) in [6.45, 7) is 2.17. The van der Waals surface area contributed by atoms with Crippen molar-refractivity contribution in [3.63, 3.8) is 0 Å². The summed E-state index contributed by atoms with van der Waals surface area (Å²) in [6, 6.07) is 15.8. The van der Waals surface area contributed by atoms with Gasteiger partial charge in [-0.1, -0.05) is 48.5 Å². The van der Waals surface area contributed by atoms with E-state index in [2.05, 4.69) is 30.3 Å². The largest absolute Gasteiger partial charge is 0.453 e. The number of likely N-dealkylation sites (tertiary alicyclic amines) is 1. The minimum absolute atomic E-state index is 0.133. The molecule has 0 N–H and O–H groups in total. The Hall–Kier alpha value is -3.61. The fraction of sp³-hybridized carbons (Fsp3) is 0.393. The number of carbonyl (C=O) groups excluding carboxylic acids is 3. The van der Waals surface area contributed by atoms with Crippen LogP contribution in [0.5, 0.6) is 0 Å². The van der Waals surface area contributed by atoms with Crippen LogP contribution in [0.4, 0.5) is 4.79 Å². The van der Waals surface area contributed by atoms with Crippen molar-refractivity contribution in [1.29, 1.82) is 0 Å². The minimum atomic E-state index is -0.713. The first kappa shape index (κ1) is 21.9. The topological polar surface area (TPSA) is 76.2 Å². The van der Waals surface area contributed by atoms with E-state index in [0.29, 0.717) is 38.2 Å². The lowest BCUT2D eigenvalue weighted by atomic mass is 9.90. The van der Waals surface area contributed by atoms with Crippen molar-refractivity contribution >= 4 is 23.5 Å². The van der Waals surface area contributed by atoms with Crippen LogP contribution in [-0.4, -0.2) is 61.1 Å². The summed E-state index contributed by atoms with van der Waals surface area (Å²) in [5.74, 6) is -0.161. The SMILES string of the molecule is COC(=O)N1CC=C(c2ccc(C3(C(=O)N4CCC5(C4)OC(=O)c4ccccc45)CC3)cc2)CC1. The second-order valence-corrected chi connectivity index (χ2v) is 9.96. The molecule has 2 aromatic carbocycles. The standard InChI is InChI=1S/C28H28N2O5/c1-34-26(33)29-15-10-20(11-16-29)19-6-8-21(9-7-19)27(12-13-27)25(32)30-17-14-28(18-30)23-5-3-2-4-22(23)24(31)35-28/h2-10H,11-18H2,1H3. The van der Waals surface area contributed by atoms with Crippen molar-refractivity contribution < 1.29 is 23.9 Å². The first-order valence-electron chi connectivity index (χ1n) is 12.2. The minimum Gasteiger partial charge on any atom is -0.453 e. The first-order chi connectivity index (χ1) is 17.0. The molecule has 180 valence electrons. The fourth-order valence-electron chi connectivity index (χ4n) is 5.89. The van der Waals surface area contributed by atoms with Gasteiger partial charge in [-0.25, -0.2) is 9.59 Å². The fourth-order valence-corrected chi connectivity index (χ4v) is 5.89. The van der Waals surface area contributed by atoms with Gasteiger partial charge in [0, 0.05) is 31.6 Å². The molecule has 2 fully saturated rings. The summed E-state index contributed by atoms with van der Waals surface area (Å²) in [7, 11) is 1.40. The number of carbonyl (C=O) groups is 3. The highest BCUT2D eigenvalue weighted by Crippen LogP contribution is 2.52. The number of ether oxygens (including phenoxy) is 2. The van der Waals surface area contributed by atoms with Crippen LogP contribution < -0.4 is 0 Å². The third-order valence-corrected chi connectivity index (χ3v) is 8.05. The van der Waals surface area contributed by atoms with E-state index in [1.165, 1.54) is 12.7 Å². The Morgan fingerprint density at radius 1 is 0.971 bits per heavy atom. The number of nitrogens with zero attached hydrogens (tertiary/aromatic N) is 2. The predicted molar refractivity (Wildman–Crippen MR) is 129 cm³/mol. The summed E-state index contributed by atoms with van der Waals surface area (Å²) < 4.78 is 10.6. The molecule has 2 amide bonds. The molecule has 2 aromatic rings. The average Bonchev–Trinajstić information content (AvgIpc) is 3.54. The van der Waals surface area contributed by atoms with Crippen LogP contribution in [0, 0.1) is 0 Å². The van der Waals surface area contributed by atoms with Crippen LogP contribution in [0.3, 0.4) is 0 Å². The van der Waals surface area contributed by atoms with E-state index in [0.717, 1.165) is 36.0 Å². The van der Waals surface area contributed by atoms with Crippen molar-refractivity contribution in [1.82, 2.24) is 9.80 Å².